The number of hydrogen-bond acceptors (Lipinski definition) is 2. The average molecular weight is 168 g/mol. The van der Waals surface area contributed by atoms with Crippen LogP contribution in [0.1, 0.15) is 25.7 Å². The summed E-state index contributed by atoms with van der Waals surface area (Å²) in [5, 5.41) is 2.75. The van der Waals surface area contributed by atoms with Gasteiger partial charge >= 0.3 is 0 Å². The number of carbonyl (C=O) groups excluding carboxylic acids is 1. The van der Waals surface area contributed by atoms with E-state index in [0.29, 0.717) is 0 Å². The number of allylic oxidation sites excluding steroid dienone is 1. The Morgan fingerprint density at radius 3 is 2.42 bits per heavy atom. The van der Waals surface area contributed by atoms with Gasteiger partial charge in [-0.1, -0.05) is 0 Å². The zero-order valence-electron chi connectivity index (χ0n) is 7.76. The van der Waals surface area contributed by atoms with Crippen molar-refractivity contribution in [2.75, 3.05) is 14.1 Å². The van der Waals surface area contributed by atoms with E-state index in [2.05, 4.69) is 5.32 Å². The highest BCUT2D eigenvalue weighted by atomic mass is 16.1. The molecule has 3 nitrogen and oxygen atoms in total. The molecule has 0 spiro atoms. The van der Waals surface area contributed by atoms with Crippen LogP contribution in [0.2, 0.25) is 0 Å². The first-order chi connectivity index (χ1) is 5.75. The lowest BCUT2D eigenvalue weighted by atomic mass is 10.2. The zero-order valence-corrected chi connectivity index (χ0v) is 7.76. The van der Waals surface area contributed by atoms with Gasteiger partial charge in [0.25, 0.3) is 0 Å². The Bertz CT molecular complexity index is 189. The second-order valence-corrected chi connectivity index (χ2v) is 3.32. The lowest BCUT2D eigenvalue weighted by Gasteiger charge is -2.18. The van der Waals surface area contributed by atoms with Gasteiger partial charge in [-0.25, -0.2) is 0 Å². The monoisotopic (exact) mass is 168 g/mol. The minimum Gasteiger partial charge on any atom is -0.364 e. The first kappa shape index (κ1) is 9.10. The number of nitrogens with zero attached hydrogens (tertiary/aromatic N) is 1. The van der Waals surface area contributed by atoms with Gasteiger partial charge in [0.1, 0.15) is 5.82 Å². The van der Waals surface area contributed by atoms with Gasteiger partial charge in [0.2, 0.25) is 6.41 Å². The van der Waals surface area contributed by atoms with Crippen LogP contribution >= 0.6 is 0 Å². The molecule has 0 saturated heterocycles. The zero-order chi connectivity index (χ0) is 8.97. The first-order valence-corrected chi connectivity index (χ1v) is 4.35. The summed E-state index contributed by atoms with van der Waals surface area (Å²) < 4.78 is 0. The van der Waals surface area contributed by atoms with Gasteiger partial charge in [0, 0.05) is 14.1 Å². The summed E-state index contributed by atoms with van der Waals surface area (Å²) in [4.78, 5) is 12.3. The number of hydrogen-bond donors (Lipinski definition) is 1. The highest BCUT2D eigenvalue weighted by Gasteiger charge is 2.13. The molecule has 0 aliphatic heterocycles. The Balaban J connectivity index is 2.73. The molecule has 0 radical (unpaired) electrons. The lowest BCUT2D eigenvalue weighted by molar-refractivity contribution is -0.109. The van der Waals surface area contributed by atoms with Crippen LogP contribution in [0.5, 0.6) is 0 Å². The minimum absolute atomic E-state index is 0.751. The third-order valence-electron chi connectivity index (χ3n) is 2.18. The normalized spacial score (nSPS) is 16.0. The van der Waals surface area contributed by atoms with Crippen LogP contribution in [-0.4, -0.2) is 25.4 Å². The van der Waals surface area contributed by atoms with Gasteiger partial charge in [0.05, 0.1) is 0 Å². The fourth-order valence-corrected chi connectivity index (χ4v) is 1.64. The van der Waals surface area contributed by atoms with E-state index in [1.165, 1.54) is 18.4 Å². The molecule has 0 aromatic heterocycles. The van der Waals surface area contributed by atoms with Crippen LogP contribution in [0.25, 0.3) is 0 Å². The van der Waals surface area contributed by atoms with Crippen LogP contribution in [0.4, 0.5) is 0 Å². The van der Waals surface area contributed by atoms with Crippen molar-refractivity contribution in [3.63, 3.8) is 0 Å². The van der Waals surface area contributed by atoms with E-state index in [1.54, 1.807) is 0 Å². The van der Waals surface area contributed by atoms with Crippen LogP contribution in [0.3, 0.4) is 0 Å². The van der Waals surface area contributed by atoms with E-state index in [4.69, 9.17) is 0 Å². The van der Waals surface area contributed by atoms with Crippen molar-refractivity contribution >= 4 is 6.41 Å². The fourth-order valence-electron chi connectivity index (χ4n) is 1.64. The molecular weight excluding hydrogens is 152 g/mol. The summed E-state index contributed by atoms with van der Waals surface area (Å²) in [5.74, 6) is 0.988. The molecule has 3 heteroatoms. The summed E-state index contributed by atoms with van der Waals surface area (Å²) in [6.07, 6.45) is 5.53. The summed E-state index contributed by atoms with van der Waals surface area (Å²) in [7, 11) is 3.91. The van der Waals surface area contributed by atoms with Crippen molar-refractivity contribution in [1.82, 2.24) is 10.2 Å². The summed E-state index contributed by atoms with van der Waals surface area (Å²) in [6.45, 7) is 0. The molecule has 1 aliphatic rings. The van der Waals surface area contributed by atoms with Crippen molar-refractivity contribution in [2.24, 2.45) is 0 Å². The van der Waals surface area contributed by atoms with Gasteiger partial charge in [0.15, 0.2) is 0 Å². The van der Waals surface area contributed by atoms with E-state index in [-0.39, 0.29) is 0 Å². The fraction of sp³-hybridized carbons (Fsp3) is 0.667. The van der Waals surface area contributed by atoms with Gasteiger partial charge < -0.3 is 10.2 Å². The van der Waals surface area contributed by atoms with Gasteiger partial charge in [-0.2, -0.15) is 0 Å². The smallest absolute Gasteiger partial charge is 0.212 e. The maximum Gasteiger partial charge on any atom is 0.212 e. The average Bonchev–Trinajstić information content (AvgIpc) is 2.51. The highest BCUT2D eigenvalue weighted by Crippen LogP contribution is 2.26. The summed E-state index contributed by atoms with van der Waals surface area (Å²) in [6, 6.07) is 0. The number of rotatable bonds is 3. The largest absolute Gasteiger partial charge is 0.364 e. The highest BCUT2D eigenvalue weighted by molar-refractivity contribution is 5.50. The standard InChI is InChI=1S/C9H16N2O/c1-11(2)9(10-7-12)8-5-3-4-6-8/h7H,3-6H2,1-2H3,(H,10,12). The Hall–Kier alpha value is -0.990. The summed E-state index contributed by atoms with van der Waals surface area (Å²) in [5.41, 5.74) is 1.38. The molecule has 0 atom stereocenters. The Labute approximate surface area is 73.4 Å². The molecular formula is C9H16N2O. The van der Waals surface area contributed by atoms with E-state index in [0.717, 1.165) is 25.1 Å². The molecule has 1 fully saturated rings. The van der Waals surface area contributed by atoms with Crippen LogP contribution < -0.4 is 5.32 Å². The molecule has 0 bridgehead atoms. The Morgan fingerprint density at radius 2 is 2.00 bits per heavy atom. The molecule has 1 N–H and O–H groups in total. The molecule has 0 aromatic rings. The lowest BCUT2D eigenvalue weighted by Crippen LogP contribution is -2.25. The van der Waals surface area contributed by atoms with Crippen molar-refractivity contribution in [2.45, 2.75) is 25.7 Å². The molecule has 1 saturated carbocycles. The van der Waals surface area contributed by atoms with Crippen molar-refractivity contribution in [3.05, 3.63) is 11.4 Å². The third kappa shape index (κ3) is 2.00. The maximum absolute atomic E-state index is 10.3. The van der Waals surface area contributed by atoms with E-state index in [1.807, 2.05) is 19.0 Å². The second kappa shape index (κ2) is 4.14. The predicted molar refractivity (Wildman–Crippen MR) is 48.4 cm³/mol. The first-order valence-electron chi connectivity index (χ1n) is 4.35. The maximum atomic E-state index is 10.3. The summed E-state index contributed by atoms with van der Waals surface area (Å²) >= 11 is 0. The molecule has 0 aromatic carbocycles. The van der Waals surface area contributed by atoms with E-state index < -0.39 is 0 Å². The van der Waals surface area contributed by atoms with Gasteiger partial charge in [-0.05, 0) is 31.3 Å². The Kier molecular flexibility index (Phi) is 3.14. The molecule has 12 heavy (non-hydrogen) atoms. The third-order valence-corrected chi connectivity index (χ3v) is 2.18. The van der Waals surface area contributed by atoms with Gasteiger partial charge in [-0.3, -0.25) is 4.79 Å². The molecule has 0 heterocycles. The predicted octanol–water partition coefficient (Wildman–Crippen LogP) is 1.08. The van der Waals surface area contributed by atoms with Crippen LogP contribution in [0.15, 0.2) is 11.4 Å². The Morgan fingerprint density at radius 1 is 1.42 bits per heavy atom. The quantitative estimate of drug-likeness (QED) is 0.639. The molecule has 1 amide bonds. The second-order valence-electron chi connectivity index (χ2n) is 3.32. The molecule has 68 valence electrons. The molecule has 0 unspecified atom stereocenters. The number of carbonyl (C=O) groups is 1. The topological polar surface area (TPSA) is 32.3 Å². The van der Waals surface area contributed by atoms with Crippen molar-refractivity contribution in [3.8, 4) is 0 Å². The van der Waals surface area contributed by atoms with Crippen LogP contribution in [-0.2, 0) is 4.79 Å². The molecule has 1 rings (SSSR count). The van der Waals surface area contributed by atoms with Crippen LogP contribution in [0, 0.1) is 0 Å². The van der Waals surface area contributed by atoms with E-state index in [9.17, 15) is 4.79 Å². The van der Waals surface area contributed by atoms with E-state index >= 15 is 0 Å². The van der Waals surface area contributed by atoms with Crippen molar-refractivity contribution < 1.29 is 4.79 Å². The number of nitrogens with one attached hydrogen (secondary N) is 1. The van der Waals surface area contributed by atoms with Gasteiger partial charge in [-0.15, -0.1) is 0 Å². The minimum atomic E-state index is 0.751. The molecule has 1 aliphatic carbocycles. The van der Waals surface area contributed by atoms with Crippen molar-refractivity contribution in [1.29, 1.82) is 0 Å². The SMILES string of the molecule is CN(C)C(NC=O)=C1CCCC1. The number of amides is 1.